The first kappa shape index (κ1) is 28.1. The fourth-order valence-electron chi connectivity index (χ4n) is 1.79. The van der Waals surface area contributed by atoms with Gasteiger partial charge in [0.25, 0.3) is 0 Å². The van der Waals surface area contributed by atoms with Gasteiger partial charge in [0.1, 0.15) is 0 Å². The Hall–Kier alpha value is -1.94. The largest absolute Gasteiger partial charge is 0.466 e. The lowest BCUT2D eigenvalue weighted by molar-refractivity contribution is -0.347. The molecule has 1 unspecified atom stereocenters. The van der Waals surface area contributed by atoms with Gasteiger partial charge < -0.3 is 14.8 Å². The van der Waals surface area contributed by atoms with Crippen LogP contribution in [0.15, 0.2) is 12.7 Å². The summed E-state index contributed by atoms with van der Waals surface area (Å²) in [7, 11) is -6.54. The number of amides is 1. The molecule has 0 aliphatic carbocycles. The van der Waals surface area contributed by atoms with E-state index in [1.807, 2.05) is 0 Å². The zero-order valence-electron chi connectivity index (χ0n) is 15.4. The zero-order valence-corrected chi connectivity index (χ0v) is 16.3. The Morgan fingerprint density at radius 2 is 1.63 bits per heavy atom. The van der Waals surface area contributed by atoms with Gasteiger partial charge in [0.15, 0.2) is 0 Å². The van der Waals surface area contributed by atoms with Crippen LogP contribution in [0.2, 0.25) is 0 Å². The molecule has 8 nitrogen and oxygen atoms in total. The molecule has 0 saturated heterocycles. The molecule has 0 spiro atoms. The van der Waals surface area contributed by atoms with Gasteiger partial charge in [0, 0.05) is 18.5 Å². The van der Waals surface area contributed by atoms with Gasteiger partial charge in [0.2, 0.25) is 0 Å². The van der Waals surface area contributed by atoms with Gasteiger partial charge in [-0.2, -0.15) is 39.2 Å². The molecule has 16 heteroatoms. The number of nitrogens with one attached hydrogen (secondary N) is 1. The summed E-state index contributed by atoms with van der Waals surface area (Å²) < 4.78 is 131. The highest BCUT2D eigenvalue weighted by Gasteiger charge is 2.67. The molecule has 0 aromatic heterocycles. The second-order valence-corrected chi connectivity index (χ2v) is 7.48. The Morgan fingerprint density at radius 3 is 2.00 bits per heavy atom. The standard InChI is InChI=1S/C14H18F7NO7S/c1-4-9(23)29-12(13(17,18)19,10(24)22-8(2)3)28-7-5-6-11(15,16)14(20,21)30(25,26)27/h4,8H,1,5-7H2,2-3H3,(H,22,24)(H,25,26,27). The molecule has 1 atom stereocenters. The quantitative estimate of drug-likeness (QED) is 0.117. The number of halogens is 7. The fourth-order valence-corrected chi connectivity index (χ4v) is 2.27. The van der Waals surface area contributed by atoms with Gasteiger partial charge in [-0.3, -0.25) is 9.35 Å². The van der Waals surface area contributed by atoms with E-state index in [1.54, 1.807) is 5.32 Å². The molecule has 0 aliphatic heterocycles. The number of ether oxygens (including phenoxy) is 2. The molecular weight excluding hydrogens is 459 g/mol. The lowest BCUT2D eigenvalue weighted by Crippen LogP contribution is -2.62. The maximum atomic E-state index is 13.5. The first-order valence-electron chi connectivity index (χ1n) is 7.85. The topological polar surface area (TPSA) is 119 Å². The smallest absolute Gasteiger partial charge is 0.412 e. The van der Waals surface area contributed by atoms with E-state index in [2.05, 4.69) is 16.1 Å². The molecule has 2 N–H and O–H groups in total. The molecule has 30 heavy (non-hydrogen) atoms. The second-order valence-electron chi connectivity index (χ2n) is 6.02. The zero-order chi connectivity index (χ0) is 24.2. The van der Waals surface area contributed by atoms with Crippen LogP contribution in [0.1, 0.15) is 26.7 Å². The predicted molar refractivity (Wildman–Crippen MR) is 85.0 cm³/mol. The van der Waals surface area contributed by atoms with E-state index in [9.17, 15) is 48.7 Å². The molecule has 0 aromatic rings. The van der Waals surface area contributed by atoms with Crippen molar-refractivity contribution in [3.8, 4) is 0 Å². The Balaban J connectivity index is 5.66. The lowest BCUT2D eigenvalue weighted by atomic mass is 10.2. The van der Waals surface area contributed by atoms with E-state index >= 15 is 0 Å². The average Bonchev–Trinajstić information content (AvgIpc) is 2.54. The fraction of sp³-hybridized carbons (Fsp3) is 0.714. The van der Waals surface area contributed by atoms with Crippen LogP contribution in [0.25, 0.3) is 0 Å². The number of esters is 1. The highest BCUT2D eigenvalue weighted by Crippen LogP contribution is 2.42. The monoisotopic (exact) mass is 477 g/mol. The van der Waals surface area contributed by atoms with Crippen molar-refractivity contribution in [2.75, 3.05) is 6.61 Å². The maximum absolute atomic E-state index is 13.5. The van der Waals surface area contributed by atoms with Crippen LogP contribution in [0.3, 0.4) is 0 Å². The molecule has 0 aliphatic rings. The lowest BCUT2D eigenvalue weighted by Gasteiger charge is -2.33. The van der Waals surface area contributed by atoms with E-state index in [0.29, 0.717) is 0 Å². The van der Waals surface area contributed by atoms with Crippen molar-refractivity contribution >= 4 is 22.0 Å². The summed E-state index contributed by atoms with van der Waals surface area (Å²) in [5.41, 5.74) is 0. The third-order valence-electron chi connectivity index (χ3n) is 3.19. The Bertz CT molecular complexity index is 752. The minimum atomic E-state index is -6.54. The number of alkyl halides is 7. The minimum absolute atomic E-state index is 0.243. The molecule has 0 rings (SSSR count). The molecule has 0 aromatic carbocycles. The van der Waals surface area contributed by atoms with Crippen LogP contribution in [-0.2, 0) is 29.2 Å². The summed E-state index contributed by atoms with van der Waals surface area (Å²) in [5, 5.41) is -4.19. The third kappa shape index (κ3) is 6.28. The van der Waals surface area contributed by atoms with Crippen molar-refractivity contribution in [2.45, 2.75) is 55.9 Å². The van der Waals surface area contributed by atoms with Crippen LogP contribution >= 0.6 is 0 Å². The Kier molecular flexibility index (Phi) is 8.85. The van der Waals surface area contributed by atoms with Crippen molar-refractivity contribution < 1.29 is 62.8 Å². The van der Waals surface area contributed by atoms with Crippen molar-refractivity contribution in [3.05, 3.63) is 12.7 Å². The van der Waals surface area contributed by atoms with E-state index in [-0.39, 0.29) is 6.08 Å². The van der Waals surface area contributed by atoms with Crippen LogP contribution in [0, 0.1) is 0 Å². The highest BCUT2D eigenvalue weighted by molar-refractivity contribution is 7.87. The summed E-state index contributed by atoms with van der Waals surface area (Å²) in [4.78, 5) is 23.3. The first-order valence-corrected chi connectivity index (χ1v) is 9.29. The number of rotatable bonds is 11. The molecule has 0 fully saturated rings. The van der Waals surface area contributed by atoms with Gasteiger partial charge in [-0.15, -0.1) is 0 Å². The van der Waals surface area contributed by atoms with E-state index in [4.69, 9.17) is 4.55 Å². The number of hydrogen-bond acceptors (Lipinski definition) is 6. The van der Waals surface area contributed by atoms with Crippen molar-refractivity contribution in [3.63, 3.8) is 0 Å². The summed E-state index contributed by atoms with van der Waals surface area (Å²) in [6, 6.07) is -0.928. The van der Waals surface area contributed by atoms with E-state index < -0.39 is 70.6 Å². The highest BCUT2D eigenvalue weighted by atomic mass is 32.2. The average molecular weight is 477 g/mol. The normalized spacial score (nSPS) is 15.4. The molecule has 0 bridgehead atoms. The minimum Gasteiger partial charge on any atom is -0.412 e. The van der Waals surface area contributed by atoms with E-state index in [1.165, 1.54) is 13.8 Å². The molecular formula is C14H18F7NO7S. The number of carbonyl (C=O) groups is 2. The van der Waals surface area contributed by atoms with Crippen LogP contribution < -0.4 is 5.32 Å². The van der Waals surface area contributed by atoms with Crippen LogP contribution in [-0.4, -0.2) is 60.6 Å². The van der Waals surface area contributed by atoms with Gasteiger partial charge in [-0.05, 0) is 20.3 Å². The SMILES string of the molecule is C=CC(=O)OC(OCCCC(F)(F)C(F)(F)S(=O)(=O)O)(C(=O)NC(C)C)C(F)(F)F. The summed E-state index contributed by atoms with van der Waals surface area (Å²) >= 11 is 0. The molecule has 0 radical (unpaired) electrons. The van der Waals surface area contributed by atoms with Crippen molar-refractivity contribution in [1.29, 1.82) is 0 Å². The van der Waals surface area contributed by atoms with Crippen molar-refractivity contribution in [2.24, 2.45) is 0 Å². The number of hydrogen-bond donors (Lipinski definition) is 2. The van der Waals surface area contributed by atoms with Gasteiger partial charge in [-0.25, -0.2) is 4.79 Å². The van der Waals surface area contributed by atoms with E-state index in [0.717, 1.165) is 0 Å². The van der Waals surface area contributed by atoms with Gasteiger partial charge in [-0.1, -0.05) is 6.58 Å². The molecule has 1 amide bonds. The van der Waals surface area contributed by atoms with Gasteiger partial charge >= 0.3 is 45.1 Å². The molecule has 0 heterocycles. The van der Waals surface area contributed by atoms with Crippen LogP contribution in [0.5, 0.6) is 0 Å². The molecule has 176 valence electrons. The Morgan fingerprint density at radius 1 is 1.13 bits per heavy atom. The summed E-state index contributed by atoms with van der Waals surface area (Å²) in [6.45, 7) is 3.78. The summed E-state index contributed by atoms with van der Waals surface area (Å²) in [5.74, 6) is -13.6. The third-order valence-corrected chi connectivity index (χ3v) is 4.14. The number of carbonyl (C=O) groups excluding carboxylic acids is 2. The Labute approximate surface area is 166 Å². The van der Waals surface area contributed by atoms with Crippen molar-refractivity contribution in [1.82, 2.24) is 5.32 Å². The second kappa shape index (κ2) is 9.47. The van der Waals surface area contributed by atoms with Gasteiger partial charge in [0.05, 0.1) is 6.61 Å². The molecule has 0 saturated carbocycles. The van der Waals surface area contributed by atoms with Crippen LogP contribution in [0.4, 0.5) is 30.7 Å². The summed E-state index contributed by atoms with van der Waals surface area (Å²) in [6.07, 6.45) is -8.94. The predicted octanol–water partition coefficient (Wildman–Crippen LogP) is 2.41. The maximum Gasteiger partial charge on any atom is 0.466 e. The first-order chi connectivity index (χ1) is 13.2.